The number of allylic oxidation sites excluding steroid dienone is 2. The van der Waals surface area contributed by atoms with E-state index in [1.165, 1.54) is 19.3 Å². The first kappa shape index (κ1) is 13.7. The molecule has 0 radical (unpaired) electrons. The van der Waals surface area contributed by atoms with Crippen LogP contribution >= 0.6 is 0 Å². The molecule has 0 heterocycles. The highest BCUT2D eigenvalue weighted by molar-refractivity contribution is 5.92. The average molecular weight is 286 g/mol. The molecule has 21 heavy (non-hydrogen) atoms. The molecule has 0 aliphatic heterocycles. The van der Waals surface area contributed by atoms with Crippen LogP contribution in [0.2, 0.25) is 0 Å². The number of hydrogen-bond acceptors (Lipinski definition) is 2. The summed E-state index contributed by atoms with van der Waals surface area (Å²) in [5.74, 6) is 2.63. The number of carbonyl (C=O) groups is 2. The maximum atomic E-state index is 13.0. The SMILES string of the molecule is C[C@@]12CCC[C@H]1[C@@H]1CC[C@H]3CC(=O)C=C[C@]3(C)[C@H]1C(=O)C2. The molecular weight excluding hydrogens is 260 g/mol. The molecule has 0 bridgehead atoms. The van der Waals surface area contributed by atoms with Crippen LogP contribution in [-0.4, -0.2) is 11.6 Å². The molecule has 4 aliphatic carbocycles. The van der Waals surface area contributed by atoms with Gasteiger partial charge in [0.1, 0.15) is 5.78 Å². The van der Waals surface area contributed by atoms with Gasteiger partial charge in [0.05, 0.1) is 0 Å². The number of hydrogen-bond donors (Lipinski definition) is 0. The lowest BCUT2D eigenvalue weighted by atomic mass is 9.46. The Morgan fingerprint density at radius 2 is 1.95 bits per heavy atom. The van der Waals surface area contributed by atoms with Crippen molar-refractivity contribution in [1.82, 2.24) is 0 Å². The van der Waals surface area contributed by atoms with Gasteiger partial charge >= 0.3 is 0 Å². The highest BCUT2D eigenvalue weighted by atomic mass is 16.1. The van der Waals surface area contributed by atoms with Gasteiger partial charge in [-0.1, -0.05) is 26.3 Å². The van der Waals surface area contributed by atoms with Crippen molar-refractivity contribution in [3.63, 3.8) is 0 Å². The molecule has 0 aromatic carbocycles. The molecule has 0 aromatic heterocycles. The normalized spacial score (nSPS) is 52.3. The van der Waals surface area contributed by atoms with Crippen molar-refractivity contribution in [2.75, 3.05) is 0 Å². The van der Waals surface area contributed by atoms with Crippen LogP contribution in [0.5, 0.6) is 0 Å². The average Bonchev–Trinajstić information content (AvgIpc) is 2.80. The van der Waals surface area contributed by atoms with Gasteiger partial charge in [-0.3, -0.25) is 9.59 Å². The molecule has 0 aromatic rings. The van der Waals surface area contributed by atoms with E-state index in [0.29, 0.717) is 24.0 Å². The largest absolute Gasteiger partial charge is 0.299 e. The van der Waals surface area contributed by atoms with Crippen LogP contribution in [0.1, 0.15) is 58.8 Å². The Bertz CT molecular complexity index is 534. The summed E-state index contributed by atoms with van der Waals surface area (Å²) in [5, 5.41) is 0. The fourth-order valence-corrected chi connectivity index (χ4v) is 6.47. The minimum atomic E-state index is -0.0577. The Hall–Kier alpha value is -0.920. The van der Waals surface area contributed by atoms with E-state index in [0.717, 1.165) is 25.2 Å². The fourth-order valence-electron chi connectivity index (χ4n) is 6.47. The monoisotopic (exact) mass is 286 g/mol. The lowest BCUT2D eigenvalue weighted by molar-refractivity contribution is -0.149. The first-order chi connectivity index (χ1) is 9.94. The Kier molecular flexibility index (Phi) is 2.81. The minimum absolute atomic E-state index is 0.0577. The molecule has 2 heteroatoms. The van der Waals surface area contributed by atoms with Gasteiger partial charge in [-0.15, -0.1) is 0 Å². The summed E-state index contributed by atoms with van der Waals surface area (Å²) >= 11 is 0. The van der Waals surface area contributed by atoms with E-state index >= 15 is 0 Å². The van der Waals surface area contributed by atoms with Gasteiger partial charge in [0.2, 0.25) is 0 Å². The molecule has 0 N–H and O–H groups in total. The third kappa shape index (κ3) is 1.77. The third-order valence-electron chi connectivity index (χ3n) is 7.50. The van der Waals surface area contributed by atoms with E-state index in [1.807, 2.05) is 0 Å². The smallest absolute Gasteiger partial charge is 0.155 e. The molecule has 3 fully saturated rings. The Labute approximate surface area is 127 Å². The summed E-state index contributed by atoms with van der Waals surface area (Å²) < 4.78 is 0. The maximum absolute atomic E-state index is 13.0. The third-order valence-corrected chi connectivity index (χ3v) is 7.50. The Morgan fingerprint density at radius 1 is 1.14 bits per heavy atom. The van der Waals surface area contributed by atoms with Crippen molar-refractivity contribution < 1.29 is 9.59 Å². The summed E-state index contributed by atoms with van der Waals surface area (Å²) in [6.07, 6.45) is 11.5. The summed E-state index contributed by atoms with van der Waals surface area (Å²) in [5.41, 5.74) is 0.216. The van der Waals surface area contributed by atoms with E-state index in [9.17, 15) is 9.59 Å². The van der Waals surface area contributed by atoms with Crippen molar-refractivity contribution in [1.29, 1.82) is 0 Å². The molecule has 114 valence electrons. The first-order valence-corrected chi connectivity index (χ1v) is 8.69. The Morgan fingerprint density at radius 3 is 2.76 bits per heavy atom. The van der Waals surface area contributed by atoms with Crippen LogP contribution in [0.4, 0.5) is 0 Å². The molecular formula is C19H26O2. The van der Waals surface area contributed by atoms with Gasteiger partial charge < -0.3 is 0 Å². The number of carbonyl (C=O) groups excluding carboxylic acids is 2. The zero-order valence-electron chi connectivity index (χ0n) is 13.2. The van der Waals surface area contributed by atoms with Gasteiger partial charge in [-0.25, -0.2) is 0 Å². The van der Waals surface area contributed by atoms with Crippen LogP contribution in [0.15, 0.2) is 12.2 Å². The van der Waals surface area contributed by atoms with Crippen LogP contribution in [0, 0.1) is 34.5 Å². The van der Waals surface area contributed by atoms with Crippen molar-refractivity contribution in [2.45, 2.75) is 58.8 Å². The number of rotatable bonds is 0. The number of ketones is 2. The molecule has 2 nitrogen and oxygen atoms in total. The van der Waals surface area contributed by atoms with Gasteiger partial charge in [0, 0.05) is 18.8 Å². The fraction of sp³-hybridized carbons (Fsp3) is 0.789. The van der Waals surface area contributed by atoms with Crippen LogP contribution < -0.4 is 0 Å². The maximum Gasteiger partial charge on any atom is 0.155 e. The van der Waals surface area contributed by atoms with Crippen LogP contribution in [-0.2, 0) is 9.59 Å². The molecule has 4 rings (SSSR count). The van der Waals surface area contributed by atoms with E-state index in [1.54, 1.807) is 6.08 Å². The molecule has 0 amide bonds. The molecule has 4 aliphatic rings. The molecule has 0 saturated heterocycles. The van der Waals surface area contributed by atoms with Gasteiger partial charge in [0.25, 0.3) is 0 Å². The summed E-state index contributed by atoms with van der Waals surface area (Å²) in [7, 11) is 0. The van der Waals surface area contributed by atoms with E-state index < -0.39 is 0 Å². The van der Waals surface area contributed by atoms with Gasteiger partial charge in [-0.2, -0.15) is 0 Å². The van der Waals surface area contributed by atoms with Crippen LogP contribution in [0.25, 0.3) is 0 Å². The lowest BCUT2D eigenvalue weighted by Crippen LogP contribution is -2.55. The minimum Gasteiger partial charge on any atom is -0.299 e. The standard InChI is InChI=1S/C19H26O2/c1-18-8-3-4-15(18)14-6-5-12-10-13(20)7-9-19(12,2)17(14)16(21)11-18/h7,9,12,14-15,17H,3-6,8,10-11H2,1-2H3/t12-,14-,15-,17+,18-,19-/m0/s1. The zero-order valence-corrected chi connectivity index (χ0v) is 13.2. The topological polar surface area (TPSA) is 34.1 Å². The van der Waals surface area contributed by atoms with Crippen molar-refractivity contribution in [3.05, 3.63) is 12.2 Å². The van der Waals surface area contributed by atoms with Crippen LogP contribution in [0.3, 0.4) is 0 Å². The lowest BCUT2D eigenvalue weighted by Gasteiger charge is -2.57. The van der Waals surface area contributed by atoms with Crippen molar-refractivity contribution >= 4 is 11.6 Å². The van der Waals surface area contributed by atoms with Gasteiger partial charge in [0.15, 0.2) is 5.78 Å². The highest BCUT2D eigenvalue weighted by Crippen LogP contribution is 2.63. The molecule has 3 saturated carbocycles. The van der Waals surface area contributed by atoms with E-state index in [-0.39, 0.29) is 22.5 Å². The highest BCUT2D eigenvalue weighted by Gasteiger charge is 2.60. The second-order valence-electron chi connectivity index (χ2n) is 8.58. The second-order valence-corrected chi connectivity index (χ2v) is 8.58. The quantitative estimate of drug-likeness (QED) is 0.676. The molecule has 0 unspecified atom stereocenters. The Balaban J connectivity index is 1.75. The van der Waals surface area contributed by atoms with Crippen molar-refractivity contribution in [3.8, 4) is 0 Å². The molecule has 0 spiro atoms. The number of fused-ring (bicyclic) bond motifs is 5. The first-order valence-electron chi connectivity index (χ1n) is 8.69. The predicted molar refractivity (Wildman–Crippen MR) is 81.6 cm³/mol. The predicted octanol–water partition coefficient (Wildman–Crippen LogP) is 3.94. The molecule has 6 atom stereocenters. The van der Waals surface area contributed by atoms with Crippen molar-refractivity contribution in [2.24, 2.45) is 34.5 Å². The van der Waals surface area contributed by atoms with Gasteiger partial charge in [-0.05, 0) is 60.3 Å². The second kappa shape index (κ2) is 4.30. The number of Topliss-reactive ketones (excluding diaryl/α,β-unsaturated/α-hetero) is 1. The zero-order chi connectivity index (χ0) is 14.8. The van der Waals surface area contributed by atoms with E-state index in [4.69, 9.17) is 0 Å². The summed E-state index contributed by atoms with van der Waals surface area (Å²) in [6.45, 7) is 4.61. The van der Waals surface area contributed by atoms with E-state index in [2.05, 4.69) is 19.9 Å². The summed E-state index contributed by atoms with van der Waals surface area (Å²) in [6, 6.07) is 0. The summed E-state index contributed by atoms with van der Waals surface area (Å²) in [4.78, 5) is 24.8.